The van der Waals surface area contributed by atoms with Crippen LogP contribution in [0.4, 0.5) is 5.69 Å². The summed E-state index contributed by atoms with van der Waals surface area (Å²) in [7, 11) is 0. The molecule has 0 bridgehead atoms. The van der Waals surface area contributed by atoms with Gasteiger partial charge in [-0.15, -0.1) is 0 Å². The van der Waals surface area contributed by atoms with Gasteiger partial charge in [-0.25, -0.2) is 5.01 Å². The number of pyridine rings is 1. The highest BCUT2D eigenvalue weighted by Crippen LogP contribution is 2.34. The summed E-state index contributed by atoms with van der Waals surface area (Å²) >= 11 is 5.93. The molecule has 3 aromatic rings. The summed E-state index contributed by atoms with van der Waals surface area (Å²) in [6, 6.07) is 16.7. The normalized spacial score (nSPS) is 15.7. The molecule has 1 atom stereocenters. The van der Waals surface area contributed by atoms with Gasteiger partial charge in [-0.1, -0.05) is 35.9 Å². The molecule has 150 valence electrons. The Labute approximate surface area is 177 Å². The van der Waals surface area contributed by atoms with E-state index in [1.54, 1.807) is 36.7 Å². The van der Waals surface area contributed by atoms with Gasteiger partial charge < -0.3 is 0 Å². The molecule has 2 aromatic carbocycles. The van der Waals surface area contributed by atoms with Crippen LogP contribution in [0.3, 0.4) is 0 Å². The quantitative estimate of drug-likeness (QED) is 0.447. The van der Waals surface area contributed by atoms with Crippen LogP contribution in [0.2, 0.25) is 5.02 Å². The maximum absolute atomic E-state index is 13.1. The van der Waals surface area contributed by atoms with Crippen LogP contribution < -0.4 is 0 Å². The fourth-order valence-electron chi connectivity index (χ4n) is 3.39. The van der Waals surface area contributed by atoms with Crippen molar-refractivity contribution >= 4 is 28.9 Å². The van der Waals surface area contributed by atoms with Crippen LogP contribution in [0, 0.1) is 10.1 Å². The van der Waals surface area contributed by atoms with E-state index in [9.17, 15) is 14.9 Å². The molecular weight excluding hydrogens is 404 g/mol. The van der Waals surface area contributed by atoms with Gasteiger partial charge in [0.1, 0.15) is 0 Å². The SMILES string of the molecule is O=C(Cc1ccc(Cl)cc1)N1N=C(c2ccncc2)CC1c1ccc([N+](=O)[O-])cc1. The number of non-ortho nitro benzene ring substituents is 1. The Hall–Kier alpha value is -3.58. The van der Waals surface area contributed by atoms with Crippen LogP contribution >= 0.6 is 11.6 Å². The number of carbonyl (C=O) groups is 1. The molecular formula is C22H17ClN4O3. The largest absolute Gasteiger partial charge is 0.273 e. The van der Waals surface area contributed by atoms with E-state index in [2.05, 4.69) is 10.1 Å². The summed E-state index contributed by atoms with van der Waals surface area (Å²) in [5.74, 6) is -0.162. The number of hydrogen-bond donors (Lipinski definition) is 0. The van der Waals surface area contributed by atoms with E-state index < -0.39 is 4.92 Å². The zero-order chi connectivity index (χ0) is 21.1. The van der Waals surface area contributed by atoms with E-state index in [1.807, 2.05) is 24.3 Å². The van der Waals surface area contributed by atoms with Crippen molar-refractivity contribution in [3.63, 3.8) is 0 Å². The zero-order valence-electron chi connectivity index (χ0n) is 15.8. The molecule has 7 nitrogen and oxygen atoms in total. The highest BCUT2D eigenvalue weighted by Gasteiger charge is 2.33. The third kappa shape index (κ3) is 4.21. The van der Waals surface area contributed by atoms with Gasteiger partial charge >= 0.3 is 0 Å². The van der Waals surface area contributed by atoms with Gasteiger partial charge in [0.2, 0.25) is 5.91 Å². The third-order valence-corrected chi connectivity index (χ3v) is 5.19. The number of nitro benzene ring substituents is 1. The van der Waals surface area contributed by atoms with Gasteiger partial charge in [0.15, 0.2) is 0 Å². The molecule has 1 aliphatic heterocycles. The van der Waals surface area contributed by atoms with E-state index >= 15 is 0 Å². The molecule has 0 spiro atoms. The van der Waals surface area contributed by atoms with Gasteiger partial charge in [0, 0.05) is 41.5 Å². The monoisotopic (exact) mass is 420 g/mol. The Balaban J connectivity index is 1.64. The smallest absolute Gasteiger partial charge is 0.269 e. The molecule has 2 heterocycles. The third-order valence-electron chi connectivity index (χ3n) is 4.94. The average Bonchev–Trinajstić information content (AvgIpc) is 3.22. The van der Waals surface area contributed by atoms with Gasteiger partial charge in [-0.3, -0.25) is 19.9 Å². The highest BCUT2D eigenvalue weighted by molar-refractivity contribution is 6.30. The van der Waals surface area contributed by atoms with Gasteiger partial charge in [0.25, 0.3) is 5.69 Å². The van der Waals surface area contributed by atoms with Gasteiger partial charge in [-0.2, -0.15) is 5.10 Å². The topological polar surface area (TPSA) is 88.7 Å². The van der Waals surface area contributed by atoms with E-state index in [-0.39, 0.29) is 24.1 Å². The maximum atomic E-state index is 13.1. The minimum Gasteiger partial charge on any atom is -0.273 e. The molecule has 0 N–H and O–H groups in total. The van der Waals surface area contributed by atoms with Crippen LogP contribution in [0.5, 0.6) is 0 Å². The molecule has 1 aliphatic rings. The first-order valence-corrected chi connectivity index (χ1v) is 9.68. The molecule has 8 heteroatoms. The lowest BCUT2D eigenvalue weighted by Gasteiger charge is -2.22. The van der Waals surface area contributed by atoms with Crippen molar-refractivity contribution in [1.82, 2.24) is 9.99 Å². The molecule has 4 rings (SSSR count). The maximum Gasteiger partial charge on any atom is 0.269 e. The van der Waals surface area contributed by atoms with Crippen molar-refractivity contribution in [3.05, 3.63) is 105 Å². The Morgan fingerprint density at radius 3 is 2.37 bits per heavy atom. The van der Waals surface area contributed by atoms with Gasteiger partial charge in [0.05, 0.1) is 23.1 Å². The number of nitrogens with zero attached hydrogens (tertiary/aromatic N) is 4. The van der Waals surface area contributed by atoms with Crippen molar-refractivity contribution in [2.75, 3.05) is 0 Å². The fourth-order valence-corrected chi connectivity index (χ4v) is 3.52. The Kier molecular flexibility index (Phi) is 5.54. The molecule has 1 unspecified atom stereocenters. The van der Waals surface area contributed by atoms with E-state index in [1.165, 1.54) is 17.1 Å². The number of halogens is 1. The predicted octanol–water partition coefficient (Wildman–Crippen LogP) is 4.56. The van der Waals surface area contributed by atoms with Crippen molar-refractivity contribution in [2.24, 2.45) is 5.10 Å². The van der Waals surface area contributed by atoms with E-state index in [0.29, 0.717) is 11.4 Å². The first-order valence-electron chi connectivity index (χ1n) is 9.30. The summed E-state index contributed by atoms with van der Waals surface area (Å²) in [6.07, 6.45) is 4.04. The standard InChI is InChI=1S/C22H17ClN4O3/c23-18-5-1-15(2-6-18)13-22(28)26-21(17-3-7-19(8-4-17)27(29)30)14-20(25-26)16-9-11-24-12-10-16/h1-12,21H,13-14H2. The number of hydrogen-bond acceptors (Lipinski definition) is 5. The average molecular weight is 421 g/mol. The lowest BCUT2D eigenvalue weighted by atomic mass is 9.98. The van der Waals surface area contributed by atoms with Crippen LogP contribution in [0.15, 0.2) is 78.2 Å². The van der Waals surface area contributed by atoms with Crippen LogP contribution in [0.1, 0.15) is 29.2 Å². The molecule has 0 saturated heterocycles. The van der Waals surface area contributed by atoms with Crippen LogP contribution in [-0.4, -0.2) is 26.5 Å². The first kappa shape index (κ1) is 19.7. The Bertz CT molecular complexity index is 1100. The second kappa shape index (κ2) is 8.42. The van der Waals surface area contributed by atoms with Gasteiger partial charge in [-0.05, 0) is 35.4 Å². The minimum atomic E-state index is -0.444. The summed E-state index contributed by atoms with van der Waals surface area (Å²) in [5, 5.41) is 17.7. The number of hydrazone groups is 1. The predicted molar refractivity (Wildman–Crippen MR) is 113 cm³/mol. The Morgan fingerprint density at radius 2 is 1.73 bits per heavy atom. The summed E-state index contributed by atoms with van der Waals surface area (Å²) in [5.41, 5.74) is 3.28. The van der Waals surface area contributed by atoms with Crippen molar-refractivity contribution in [2.45, 2.75) is 18.9 Å². The summed E-state index contributed by atoms with van der Waals surface area (Å²) in [6.45, 7) is 0. The van der Waals surface area contributed by atoms with Crippen molar-refractivity contribution in [1.29, 1.82) is 0 Å². The Morgan fingerprint density at radius 1 is 1.07 bits per heavy atom. The lowest BCUT2D eigenvalue weighted by Crippen LogP contribution is -2.28. The number of aromatic nitrogens is 1. The molecule has 1 aromatic heterocycles. The van der Waals surface area contributed by atoms with Crippen LogP contribution in [-0.2, 0) is 11.2 Å². The molecule has 0 aliphatic carbocycles. The van der Waals surface area contributed by atoms with Crippen molar-refractivity contribution < 1.29 is 9.72 Å². The lowest BCUT2D eigenvalue weighted by molar-refractivity contribution is -0.384. The highest BCUT2D eigenvalue weighted by atomic mass is 35.5. The number of rotatable bonds is 5. The van der Waals surface area contributed by atoms with Crippen LogP contribution in [0.25, 0.3) is 0 Å². The molecule has 30 heavy (non-hydrogen) atoms. The van der Waals surface area contributed by atoms with E-state index in [0.717, 1.165) is 22.4 Å². The summed E-state index contributed by atoms with van der Waals surface area (Å²) in [4.78, 5) is 27.7. The molecule has 0 saturated carbocycles. The number of nitro groups is 1. The second-order valence-corrected chi connectivity index (χ2v) is 7.33. The minimum absolute atomic E-state index is 0.00561. The zero-order valence-corrected chi connectivity index (χ0v) is 16.6. The second-order valence-electron chi connectivity index (χ2n) is 6.89. The summed E-state index contributed by atoms with van der Waals surface area (Å²) < 4.78 is 0. The fraction of sp³-hybridized carbons (Fsp3) is 0.136. The first-order chi connectivity index (χ1) is 14.5. The number of carbonyl (C=O) groups excluding carboxylic acids is 1. The number of benzene rings is 2. The number of amides is 1. The molecule has 1 amide bonds. The van der Waals surface area contributed by atoms with E-state index in [4.69, 9.17) is 11.6 Å². The molecule has 0 fully saturated rings. The molecule has 0 radical (unpaired) electrons. The van der Waals surface area contributed by atoms with Crippen molar-refractivity contribution in [3.8, 4) is 0 Å².